The van der Waals surface area contributed by atoms with Crippen molar-refractivity contribution in [1.82, 2.24) is 25.1 Å². The number of nitrogens with one attached hydrogen (secondary N) is 3. The van der Waals surface area contributed by atoms with Gasteiger partial charge in [-0.25, -0.2) is 14.4 Å². The van der Waals surface area contributed by atoms with E-state index in [0.29, 0.717) is 29.6 Å². The average Bonchev–Trinajstić information content (AvgIpc) is 3.39. The number of hydrogen-bond acceptors (Lipinski definition) is 7. The summed E-state index contributed by atoms with van der Waals surface area (Å²) in [5.41, 5.74) is 1.80. The van der Waals surface area contributed by atoms with Crippen molar-refractivity contribution in [2.45, 2.75) is 73.3 Å². The normalized spacial score (nSPS) is 12.5. The number of rotatable bonds is 13. The molecule has 1 amide bonds. The van der Waals surface area contributed by atoms with Gasteiger partial charge in [-0.3, -0.25) is 14.8 Å². The Bertz CT molecular complexity index is 1570. The van der Waals surface area contributed by atoms with Crippen LogP contribution in [0, 0.1) is 23.6 Å². The Kier molecular flexibility index (Phi) is 10.5. The van der Waals surface area contributed by atoms with Crippen molar-refractivity contribution < 1.29 is 13.9 Å². The summed E-state index contributed by atoms with van der Waals surface area (Å²) < 4.78 is 19.6. The number of carbonyl (C=O) groups excluding carboxylic acids is 1. The van der Waals surface area contributed by atoms with Crippen LogP contribution in [0.2, 0.25) is 0 Å². The van der Waals surface area contributed by atoms with Gasteiger partial charge in [-0.1, -0.05) is 61.5 Å². The lowest BCUT2D eigenvalue weighted by Crippen LogP contribution is -2.64. The van der Waals surface area contributed by atoms with Gasteiger partial charge in [-0.15, -0.1) is 0 Å². The van der Waals surface area contributed by atoms with Crippen molar-refractivity contribution in [3.63, 3.8) is 0 Å². The molecule has 3 N–H and O–H groups in total. The van der Waals surface area contributed by atoms with Gasteiger partial charge in [0.25, 0.3) is 0 Å². The summed E-state index contributed by atoms with van der Waals surface area (Å²) in [6.45, 7) is 23.0. The largest absolute Gasteiger partial charge is 0.493 e. The fourth-order valence-corrected chi connectivity index (χ4v) is 6.85. The third kappa shape index (κ3) is 7.79. The van der Waals surface area contributed by atoms with Gasteiger partial charge in [0, 0.05) is 41.0 Å². The second kappa shape index (κ2) is 13.9. The summed E-state index contributed by atoms with van der Waals surface area (Å²) in [5.74, 6) is 1.14. The molecule has 2 aromatic heterocycles. The molecule has 2 heterocycles. The van der Waals surface area contributed by atoms with E-state index in [1.165, 1.54) is 18.5 Å². The molecule has 9 nitrogen and oxygen atoms in total. The highest BCUT2D eigenvalue weighted by atomic mass is 19.1. The predicted octanol–water partition coefficient (Wildman–Crippen LogP) is 7.56. The number of carbonyl (C=O) groups is 1. The first-order valence-electron chi connectivity index (χ1n) is 15.6. The molecule has 0 aliphatic rings. The number of nitrogens with zero attached hydrogens (tertiary/aromatic N) is 4. The maximum Gasteiger partial charge on any atom is 0.230 e. The van der Waals surface area contributed by atoms with Gasteiger partial charge in [-0.05, 0) is 60.5 Å². The van der Waals surface area contributed by atoms with E-state index in [9.17, 15) is 9.18 Å². The molecule has 45 heavy (non-hydrogen) atoms. The third-order valence-corrected chi connectivity index (χ3v) is 8.55. The summed E-state index contributed by atoms with van der Waals surface area (Å²) in [7, 11) is 0. The van der Waals surface area contributed by atoms with Crippen molar-refractivity contribution in [3.05, 3.63) is 73.3 Å². The molecule has 2 aromatic carbocycles. The Balaban J connectivity index is 1.36. The Hall–Kier alpha value is -4.05. The van der Waals surface area contributed by atoms with E-state index in [1.807, 2.05) is 18.2 Å². The number of fused-ring (bicyclic) bond motifs is 1. The van der Waals surface area contributed by atoms with Crippen molar-refractivity contribution in [2.24, 2.45) is 10.8 Å². The number of ether oxygens (including phenoxy) is 1. The Morgan fingerprint density at radius 1 is 1.04 bits per heavy atom. The zero-order valence-corrected chi connectivity index (χ0v) is 27.6. The van der Waals surface area contributed by atoms with E-state index in [2.05, 4.69) is 91.1 Å². The van der Waals surface area contributed by atoms with E-state index in [0.717, 1.165) is 42.6 Å². The summed E-state index contributed by atoms with van der Waals surface area (Å²) in [6, 6.07) is 13.3. The molecule has 0 fully saturated rings. The molecule has 0 atom stereocenters. The highest BCUT2D eigenvalue weighted by Crippen LogP contribution is 2.50. The number of benzene rings is 2. The molecule has 1 radical (unpaired) electrons. The number of halogens is 1. The minimum atomic E-state index is -0.413. The van der Waals surface area contributed by atoms with E-state index < -0.39 is 5.82 Å². The molecular weight excluding hydrogens is 569 g/mol. The number of aromatic nitrogens is 4. The van der Waals surface area contributed by atoms with Crippen molar-refractivity contribution in [2.75, 3.05) is 30.3 Å². The molecule has 0 saturated heterocycles. The van der Waals surface area contributed by atoms with Gasteiger partial charge in [0.15, 0.2) is 5.82 Å². The highest BCUT2D eigenvalue weighted by Gasteiger charge is 2.52. The Labute approximate surface area is 266 Å². The SMILES string of the molecule is [CH2]CC(N(CC)CCCOc1ccc2c(Nc3cc(CC(=O)Nc4cccc(F)c4)[nH]n3)ncnc2c1)(C(C)(C)C)C(C)(C)C. The number of anilines is 3. The van der Waals surface area contributed by atoms with Crippen LogP contribution < -0.4 is 15.4 Å². The van der Waals surface area contributed by atoms with Gasteiger partial charge < -0.3 is 15.4 Å². The van der Waals surface area contributed by atoms with E-state index in [4.69, 9.17) is 4.74 Å². The fourth-order valence-electron chi connectivity index (χ4n) is 6.85. The lowest BCUT2D eigenvalue weighted by Gasteiger charge is -2.59. The van der Waals surface area contributed by atoms with Crippen LogP contribution in [-0.4, -0.2) is 56.2 Å². The second-order valence-corrected chi connectivity index (χ2v) is 13.4. The standard InChI is InChI=1S/C35H47FN7O2/c1-9-35(33(3,4)5,34(6,7)8)43(10-2)17-12-18-45-27-15-16-28-29(22-27)37-23-38-32(28)40-30-20-26(41-42-30)21-31(44)39-25-14-11-13-24(36)19-25/h11,13-16,19-20,22-23H,1,9-10,12,17-18,21H2,2-8H3,(H,39,44)(H2,37,38,40,41,42). The average molecular weight is 617 g/mol. The van der Waals surface area contributed by atoms with Gasteiger partial charge >= 0.3 is 0 Å². The maximum atomic E-state index is 13.4. The summed E-state index contributed by atoms with van der Waals surface area (Å²) in [4.78, 5) is 23.8. The molecule has 10 heteroatoms. The number of amides is 1. The molecule has 0 spiro atoms. The lowest BCUT2D eigenvalue weighted by atomic mass is 9.57. The first-order chi connectivity index (χ1) is 21.3. The zero-order chi connectivity index (χ0) is 32.8. The molecule has 241 valence electrons. The quantitative estimate of drug-likeness (QED) is 0.133. The van der Waals surface area contributed by atoms with E-state index >= 15 is 0 Å². The smallest absolute Gasteiger partial charge is 0.230 e. The van der Waals surface area contributed by atoms with Gasteiger partial charge in [-0.2, -0.15) is 5.10 Å². The van der Waals surface area contributed by atoms with Crippen LogP contribution >= 0.6 is 0 Å². The van der Waals surface area contributed by atoms with E-state index in [-0.39, 0.29) is 28.7 Å². The van der Waals surface area contributed by atoms with Crippen LogP contribution in [0.1, 0.15) is 67.0 Å². The first kappa shape index (κ1) is 33.8. The molecule has 4 rings (SSSR count). The Morgan fingerprint density at radius 3 is 2.47 bits per heavy atom. The van der Waals surface area contributed by atoms with Gasteiger partial charge in [0.2, 0.25) is 5.91 Å². The van der Waals surface area contributed by atoms with E-state index in [1.54, 1.807) is 18.2 Å². The Morgan fingerprint density at radius 2 is 1.80 bits per heavy atom. The first-order valence-corrected chi connectivity index (χ1v) is 15.6. The number of H-pyrrole nitrogens is 1. The molecule has 0 aliphatic heterocycles. The maximum absolute atomic E-state index is 13.4. The number of aromatic amines is 1. The molecule has 4 aromatic rings. The molecule has 0 bridgehead atoms. The van der Waals surface area contributed by atoms with Crippen LogP contribution in [0.4, 0.5) is 21.7 Å². The molecule has 0 saturated carbocycles. The minimum Gasteiger partial charge on any atom is -0.493 e. The fraction of sp³-hybridized carbons (Fsp3) is 0.457. The van der Waals surface area contributed by atoms with Crippen LogP contribution in [-0.2, 0) is 11.2 Å². The van der Waals surface area contributed by atoms with Crippen LogP contribution in [0.15, 0.2) is 54.9 Å². The predicted molar refractivity (Wildman–Crippen MR) is 179 cm³/mol. The molecular formula is C35H47FN7O2. The van der Waals surface area contributed by atoms with Gasteiger partial charge in [0.05, 0.1) is 18.5 Å². The van der Waals surface area contributed by atoms with Crippen LogP contribution in [0.3, 0.4) is 0 Å². The second-order valence-electron chi connectivity index (χ2n) is 13.4. The van der Waals surface area contributed by atoms with Crippen LogP contribution in [0.25, 0.3) is 10.9 Å². The zero-order valence-electron chi connectivity index (χ0n) is 27.6. The van der Waals surface area contributed by atoms with Crippen molar-refractivity contribution in [1.29, 1.82) is 0 Å². The molecule has 0 unspecified atom stereocenters. The third-order valence-electron chi connectivity index (χ3n) is 8.55. The molecule has 0 aliphatic carbocycles. The summed E-state index contributed by atoms with van der Waals surface area (Å²) in [6.07, 6.45) is 3.26. The topological polar surface area (TPSA) is 108 Å². The van der Waals surface area contributed by atoms with Crippen molar-refractivity contribution >= 4 is 34.1 Å². The minimum absolute atomic E-state index is 0.0508. The highest BCUT2D eigenvalue weighted by molar-refractivity contribution is 5.93. The van der Waals surface area contributed by atoms with Crippen LogP contribution in [0.5, 0.6) is 5.75 Å². The van der Waals surface area contributed by atoms with Gasteiger partial charge in [0.1, 0.15) is 23.7 Å². The summed E-state index contributed by atoms with van der Waals surface area (Å²) in [5, 5.41) is 13.8. The van der Waals surface area contributed by atoms with Crippen molar-refractivity contribution in [3.8, 4) is 5.75 Å². The number of hydrogen-bond donors (Lipinski definition) is 3. The monoisotopic (exact) mass is 616 g/mol. The lowest BCUT2D eigenvalue weighted by molar-refractivity contribution is -0.115. The summed E-state index contributed by atoms with van der Waals surface area (Å²) >= 11 is 0.